The first-order valence-electron chi connectivity index (χ1n) is 11.0. The maximum atomic E-state index is 13.4. The van der Waals surface area contributed by atoms with Crippen molar-refractivity contribution in [3.63, 3.8) is 0 Å². The van der Waals surface area contributed by atoms with Crippen LogP contribution in [0.1, 0.15) is 37.8 Å². The molecular weight excluding hydrogens is 436 g/mol. The van der Waals surface area contributed by atoms with Gasteiger partial charge in [-0.2, -0.15) is 0 Å². The van der Waals surface area contributed by atoms with E-state index in [-0.39, 0.29) is 11.4 Å². The SMILES string of the molecule is CCOc1ccc(N(CC(=O)NCc2ccc(C(C)C)cc2)S(=O)(=O)c2ccccc2)cc1. The third kappa shape index (κ3) is 6.35. The molecule has 174 valence electrons. The van der Waals surface area contributed by atoms with Gasteiger partial charge in [-0.05, 0) is 60.4 Å². The summed E-state index contributed by atoms with van der Waals surface area (Å²) >= 11 is 0. The molecule has 0 heterocycles. The van der Waals surface area contributed by atoms with Crippen LogP contribution in [0.4, 0.5) is 5.69 Å². The second-order valence-corrected chi connectivity index (χ2v) is 9.79. The molecule has 0 unspecified atom stereocenters. The van der Waals surface area contributed by atoms with Gasteiger partial charge in [-0.1, -0.05) is 56.3 Å². The van der Waals surface area contributed by atoms with Gasteiger partial charge in [0, 0.05) is 6.54 Å². The topological polar surface area (TPSA) is 75.7 Å². The summed E-state index contributed by atoms with van der Waals surface area (Å²) < 4.78 is 33.3. The van der Waals surface area contributed by atoms with Crippen molar-refractivity contribution in [2.75, 3.05) is 17.5 Å². The molecule has 0 spiro atoms. The van der Waals surface area contributed by atoms with Gasteiger partial charge in [0.2, 0.25) is 5.91 Å². The lowest BCUT2D eigenvalue weighted by Crippen LogP contribution is -2.40. The van der Waals surface area contributed by atoms with Crippen LogP contribution in [0.5, 0.6) is 5.75 Å². The predicted molar refractivity (Wildman–Crippen MR) is 131 cm³/mol. The lowest BCUT2D eigenvalue weighted by atomic mass is 10.0. The van der Waals surface area contributed by atoms with Crippen molar-refractivity contribution < 1.29 is 17.9 Å². The monoisotopic (exact) mass is 466 g/mol. The number of rotatable bonds is 10. The molecule has 1 N–H and O–H groups in total. The number of hydrogen-bond donors (Lipinski definition) is 1. The standard InChI is InChI=1S/C26H30N2O4S/c1-4-32-24-16-14-23(15-17-24)28(33(30,31)25-8-6-5-7-9-25)19-26(29)27-18-21-10-12-22(13-11-21)20(2)3/h5-17,20H,4,18-19H2,1-3H3,(H,27,29). The van der Waals surface area contributed by atoms with Crippen molar-refractivity contribution in [1.29, 1.82) is 0 Å². The van der Waals surface area contributed by atoms with Gasteiger partial charge in [0.15, 0.2) is 0 Å². The van der Waals surface area contributed by atoms with Gasteiger partial charge in [-0.3, -0.25) is 9.10 Å². The van der Waals surface area contributed by atoms with Crippen LogP contribution in [0.2, 0.25) is 0 Å². The zero-order valence-corrected chi connectivity index (χ0v) is 20.0. The largest absolute Gasteiger partial charge is 0.494 e. The molecule has 0 saturated heterocycles. The van der Waals surface area contributed by atoms with Crippen molar-refractivity contribution in [3.05, 3.63) is 90.0 Å². The average molecular weight is 467 g/mol. The minimum atomic E-state index is -3.94. The number of carbonyl (C=O) groups is 1. The van der Waals surface area contributed by atoms with Gasteiger partial charge in [-0.25, -0.2) is 8.42 Å². The molecule has 0 atom stereocenters. The number of nitrogens with one attached hydrogen (secondary N) is 1. The van der Waals surface area contributed by atoms with E-state index in [1.54, 1.807) is 42.5 Å². The lowest BCUT2D eigenvalue weighted by molar-refractivity contribution is -0.119. The molecule has 3 aromatic carbocycles. The van der Waals surface area contributed by atoms with Crippen LogP contribution in [0.15, 0.2) is 83.8 Å². The Kier molecular flexibility index (Phi) is 8.11. The second-order valence-electron chi connectivity index (χ2n) is 7.92. The van der Waals surface area contributed by atoms with Crippen molar-refractivity contribution in [2.24, 2.45) is 0 Å². The smallest absolute Gasteiger partial charge is 0.264 e. The summed E-state index contributed by atoms with van der Waals surface area (Å²) in [6.07, 6.45) is 0. The number of benzene rings is 3. The zero-order chi connectivity index (χ0) is 23.8. The number of hydrogen-bond acceptors (Lipinski definition) is 4. The van der Waals surface area contributed by atoms with Crippen LogP contribution in [0.25, 0.3) is 0 Å². The van der Waals surface area contributed by atoms with E-state index < -0.39 is 15.9 Å². The molecule has 33 heavy (non-hydrogen) atoms. The molecule has 3 aromatic rings. The van der Waals surface area contributed by atoms with Crippen molar-refractivity contribution in [2.45, 2.75) is 38.1 Å². The van der Waals surface area contributed by atoms with Gasteiger partial charge in [0.1, 0.15) is 12.3 Å². The summed E-state index contributed by atoms with van der Waals surface area (Å²) in [7, 11) is -3.94. The highest BCUT2D eigenvalue weighted by molar-refractivity contribution is 7.92. The molecule has 6 nitrogen and oxygen atoms in total. The van der Waals surface area contributed by atoms with Crippen LogP contribution in [-0.4, -0.2) is 27.5 Å². The van der Waals surface area contributed by atoms with E-state index in [0.29, 0.717) is 30.5 Å². The van der Waals surface area contributed by atoms with Crippen LogP contribution >= 0.6 is 0 Å². The van der Waals surface area contributed by atoms with E-state index in [4.69, 9.17) is 4.74 Å². The number of ether oxygens (including phenoxy) is 1. The summed E-state index contributed by atoms with van der Waals surface area (Å²) in [5.41, 5.74) is 2.56. The average Bonchev–Trinajstić information content (AvgIpc) is 2.83. The Labute approximate surface area is 196 Å². The molecule has 1 amide bonds. The molecule has 0 bridgehead atoms. The number of amides is 1. The Morgan fingerprint density at radius 2 is 1.58 bits per heavy atom. The Hall–Kier alpha value is -3.32. The summed E-state index contributed by atoms with van der Waals surface area (Å²) in [6, 6.07) is 22.8. The van der Waals surface area contributed by atoms with Crippen molar-refractivity contribution in [1.82, 2.24) is 5.32 Å². The Balaban J connectivity index is 1.79. The molecular formula is C26H30N2O4S. The molecule has 0 aliphatic heterocycles. The maximum absolute atomic E-state index is 13.4. The Morgan fingerprint density at radius 1 is 0.939 bits per heavy atom. The van der Waals surface area contributed by atoms with Gasteiger partial charge in [-0.15, -0.1) is 0 Å². The number of nitrogens with zero attached hydrogens (tertiary/aromatic N) is 1. The zero-order valence-electron chi connectivity index (χ0n) is 19.2. The minimum Gasteiger partial charge on any atom is -0.494 e. The molecule has 7 heteroatoms. The summed E-state index contributed by atoms with van der Waals surface area (Å²) in [6.45, 7) is 6.61. The highest BCUT2D eigenvalue weighted by Gasteiger charge is 2.27. The van der Waals surface area contributed by atoms with E-state index in [1.807, 2.05) is 31.2 Å². The number of anilines is 1. The number of sulfonamides is 1. The van der Waals surface area contributed by atoms with E-state index in [2.05, 4.69) is 19.2 Å². The second kappa shape index (κ2) is 11.0. The maximum Gasteiger partial charge on any atom is 0.264 e. The predicted octanol–water partition coefficient (Wildman–Crippen LogP) is 4.72. The van der Waals surface area contributed by atoms with Crippen LogP contribution in [0.3, 0.4) is 0 Å². The Bertz CT molecular complexity index is 1140. The summed E-state index contributed by atoms with van der Waals surface area (Å²) in [5, 5.41) is 2.83. The molecule has 0 aliphatic carbocycles. The first kappa shape index (κ1) is 24.3. The van der Waals surface area contributed by atoms with Gasteiger partial charge >= 0.3 is 0 Å². The molecule has 0 aliphatic rings. The molecule has 0 aromatic heterocycles. The molecule has 0 saturated carbocycles. The van der Waals surface area contributed by atoms with Crippen molar-refractivity contribution >= 4 is 21.6 Å². The van der Waals surface area contributed by atoms with E-state index in [1.165, 1.54) is 17.7 Å². The lowest BCUT2D eigenvalue weighted by Gasteiger charge is -2.24. The van der Waals surface area contributed by atoms with E-state index in [9.17, 15) is 13.2 Å². The van der Waals surface area contributed by atoms with Crippen molar-refractivity contribution in [3.8, 4) is 5.75 Å². The first-order valence-corrected chi connectivity index (χ1v) is 12.4. The van der Waals surface area contributed by atoms with E-state index in [0.717, 1.165) is 9.87 Å². The minimum absolute atomic E-state index is 0.121. The normalized spacial score (nSPS) is 11.3. The van der Waals surface area contributed by atoms with Gasteiger partial charge < -0.3 is 10.1 Å². The molecule has 0 fully saturated rings. The van der Waals surface area contributed by atoms with Gasteiger partial charge in [0.05, 0.1) is 17.2 Å². The fourth-order valence-electron chi connectivity index (χ4n) is 3.32. The highest BCUT2D eigenvalue weighted by atomic mass is 32.2. The first-order chi connectivity index (χ1) is 15.8. The quantitative estimate of drug-likeness (QED) is 0.469. The Morgan fingerprint density at radius 3 is 2.15 bits per heavy atom. The molecule has 0 radical (unpaired) electrons. The third-order valence-electron chi connectivity index (χ3n) is 5.19. The van der Waals surface area contributed by atoms with Crippen LogP contribution in [-0.2, 0) is 21.4 Å². The van der Waals surface area contributed by atoms with Crippen LogP contribution < -0.4 is 14.4 Å². The van der Waals surface area contributed by atoms with Gasteiger partial charge in [0.25, 0.3) is 10.0 Å². The third-order valence-corrected chi connectivity index (χ3v) is 6.98. The highest BCUT2D eigenvalue weighted by Crippen LogP contribution is 2.25. The molecule has 3 rings (SSSR count). The number of carbonyl (C=O) groups excluding carboxylic acids is 1. The summed E-state index contributed by atoms with van der Waals surface area (Å²) in [5.74, 6) is 0.670. The van der Waals surface area contributed by atoms with Crippen LogP contribution in [0, 0.1) is 0 Å². The van der Waals surface area contributed by atoms with E-state index >= 15 is 0 Å². The fraction of sp³-hybridized carbons (Fsp3) is 0.269. The fourth-order valence-corrected chi connectivity index (χ4v) is 4.76. The summed E-state index contributed by atoms with van der Waals surface area (Å²) in [4.78, 5) is 12.9.